The number of rotatable bonds is 4. The molecule has 0 N–H and O–H groups in total. The molecule has 0 aliphatic rings. The van der Waals surface area contributed by atoms with Gasteiger partial charge in [-0.25, -0.2) is 0 Å². The van der Waals surface area contributed by atoms with Crippen molar-refractivity contribution < 1.29 is 20.1 Å². The molecule has 0 aliphatic heterocycles. The molecule has 2 aromatic rings. The van der Waals surface area contributed by atoms with Gasteiger partial charge in [-0.05, 0) is 28.6 Å². The molecular formula is C22H32IrNSi-. The number of hydrogen-bond acceptors (Lipinski definition) is 1. The molecule has 0 aliphatic carbocycles. The predicted molar refractivity (Wildman–Crippen MR) is 109 cm³/mol. The van der Waals surface area contributed by atoms with Crippen LogP contribution in [0.15, 0.2) is 30.5 Å². The minimum Gasteiger partial charge on any atom is -0.305 e. The number of nitrogens with zero attached hydrogens (tertiary/aromatic N) is 1. The molecule has 1 nitrogen and oxygen atoms in total. The second-order valence-electron chi connectivity index (χ2n) is 9.32. The van der Waals surface area contributed by atoms with Gasteiger partial charge in [0.05, 0.1) is 8.07 Å². The van der Waals surface area contributed by atoms with Gasteiger partial charge in [0, 0.05) is 26.3 Å². The van der Waals surface area contributed by atoms with Crippen molar-refractivity contribution in [2.45, 2.75) is 66.1 Å². The molecule has 0 unspecified atom stereocenters. The Morgan fingerprint density at radius 3 is 2.28 bits per heavy atom. The molecule has 0 atom stereocenters. The zero-order valence-corrected chi connectivity index (χ0v) is 20.3. The van der Waals surface area contributed by atoms with E-state index in [0.717, 1.165) is 17.7 Å². The van der Waals surface area contributed by atoms with Gasteiger partial charge in [0.1, 0.15) is 0 Å². The molecule has 25 heavy (non-hydrogen) atoms. The summed E-state index contributed by atoms with van der Waals surface area (Å²) in [7, 11) is -1.38. The summed E-state index contributed by atoms with van der Waals surface area (Å²) in [6.45, 7) is 18.5. The van der Waals surface area contributed by atoms with Gasteiger partial charge in [0.2, 0.25) is 0 Å². The summed E-state index contributed by atoms with van der Waals surface area (Å²) >= 11 is 0. The van der Waals surface area contributed by atoms with E-state index in [4.69, 9.17) is 4.98 Å². The topological polar surface area (TPSA) is 12.9 Å². The molecule has 1 aromatic carbocycles. The number of aromatic nitrogens is 1. The maximum absolute atomic E-state index is 4.81. The Labute approximate surface area is 169 Å². The van der Waals surface area contributed by atoms with Crippen molar-refractivity contribution in [3.63, 3.8) is 0 Å². The Bertz CT molecular complexity index is 709. The van der Waals surface area contributed by atoms with Gasteiger partial charge in [-0.3, -0.25) is 0 Å². The molecule has 0 fully saturated rings. The van der Waals surface area contributed by atoms with Crippen molar-refractivity contribution in [1.82, 2.24) is 4.98 Å². The van der Waals surface area contributed by atoms with Crippen molar-refractivity contribution in [1.29, 1.82) is 0 Å². The Morgan fingerprint density at radius 1 is 1.12 bits per heavy atom. The average Bonchev–Trinajstić information content (AvgIpc) is 2.44. The fraction of sp³-hybridized carbons (Fsp3) is 0.500. The van der Waals surface area contributed by atoms with E-state index in [1.807, 2.05) is 6.07 Å². The van der Waals surface area contributed by atoms with E-state index < -0.39 is 8.07 Å². The second kappa shape index (κ2) is 8.29. The van der Waals surface area contributed by atoms with Crippen LogP contribution in [0.1, 0.15) is 45.7 Å². The van der Waals surface area contributed by atoms with Crippen molar-refractivity contribution >= 4 is 13.3 Å². The molecular weight excluding hydrogens is 499 g/mol. The Kier molecular flexibility index (Phi) is 7.38. The van der Waals surface area contributed by atoms with E-state index in [1.54, 1.807) is 0 Å². The molecule has 0 spiro atoms. The van der Waals surface area contributed by atoms with E-state index in [1.165, 1.54) is 16.3 Å². The first-order valence-corrected chi connectivity index (χ1v) is 12.5. The molecule has 0 bridgehead atoms. The largest absolute Gasteiger partial charge is 0.305 e. The molecule has 2 rings (SSSR count). The first kappa shape index (κ1) is 22.3. The monoisotopic (exact) mass is 531 g/mol. The first-order valence-electron chi connectivity index (χ1n) is 9.00. The van der Waals surface area contributed by atoms with E-state index in [2.05, 4.69) is 84.7 Å². The summed E-state index contributed by atoms with van der Waals surface area (Å²) < 4.78 is 0. The number of pyridine rings is 1. The van der Waals surface area contributed by atoms with Crippen LogP contribution in [0.2, 0.25) is 19.6 Å². The standard InChI is InChI=1S/C22H32NSi.Ir/c1-16(2)12-18-14-20(23-15-21(18)24(6,7)8)17-10-9-11-19(13-17)22(3,4)5;/h9,11,13-16H,12H2,1-8H3;/q-1;. The molecule has 0 saturated heterocycles. The third-order valence-electron chi connectivity index (χ3n) is 4.37. The maximum atomic E-state index is 4.81. The third kappa shape index (κ3) is 5.87. The van der Waals surface area contributed by atoms with E-state index >= 15 is 0 Å². The van der Waals surface area contributed by atoms with Crippen LogP contribution in [0.4, 0.5) is 0 Å². The first-order chi connectivity index (χ1) is 11.0. The van der Waals surface area contributed by atoms with Gasteiger partial charge in [-0.2, -0.15) is 0 Å². The van der Waals surface area contributed by atoms with Gasteiger partial charge >= 0.3 is 0 Å². The summed E-state index contributed by atoms with van der Waals surface area (Å²) in [5.41, 5.74) is 5.11. The summed E-state index contributed by atoms with van der Waals surface area (Å²) in [5, 5.41) is 1.49. The van der Waals surface area contributed by atoms with Crippen LogP contribution in [-0.2, 0) is 31.9 Å². The maximum Gasteiger partial charge on any atom is 0.0798 e. The van der Waals surface area contributed by atoms with Crippen molar-refractivity contribution in [3.8, 4) is 11.3 Å². The fourth-order valence-corrected chi connectivity index (χ4v) is 4.60. The molecule has 1 radical (unpaired) electrons. The zero-order valence-electron chi connectivity index (χ0n) is 17.0. The minimum absolute atomic E-state index is 0. The van der Waals surface area contributed by atoms with Crippen LogP contribution < -0.4 is 5.19 Å². The van der Waals surface area contributed by atoms with Crippen LogP contribution in [0.5, 0.6) is 0 Å². The van der Waals surface area contributed by atoms with Crippen molar-refractivity contribution in [2.24, 2.45) is 5.92 Å². The zero-order chi connectivity index (χ0) is 18.1. The van der Waals surface area contributed by atoms with Gasteiger partial charge < -0.3 is 4.98 Å². The molecule has 1 heterocycles. The average molecular weight is 531 g/mol. The predicted octanol–water partition coefficient (Wildman–Crippen LogP) is 5.59. The molecule has 0 saturated carbocycles. The molecule has 1 aromatic heterocycles. The van der Waals surface area contributed by atoms with Crippen LogP contribution in [-0.4, -0.2) is 13.1 Å². The normalized spacial score (nSPS) is 12.2. The fourth-order valence-electron chi connectivity index (χ4n) is 3.01. The van der Waals surface area contributed by atoms with E-state index in [0.29, 0.717) is 5.92 Å². The molecule has 0 amide bonds. The Morgan fingerprint density at radius 2 is 1.76 bits per heavy atom. The Balaban J connectivity index is 0.00000312. The van der Waals surface area contributed by atoms with Gasteiger partial charge in [-0.15, -0.1) is 35.4 Å². The van der Waals surface area contributed by atoms with Gasteiger partial charge in [0.15, 0.2) is 0 Å². The SMILES string of the molecule is CC(C)Cc1cc(-c2[c-]ccc(C(C)(C)C)c2)ncc1[Si](C)(C)C.[Ir]. The number of benzene rings is 1. The van der Waals surface area contributed by atoms with E-state index in [9.17, 15) is 0 Å². The summed E-state index contributed by atoms with van der Waals surface area (Å²) in [6.07, 6.45) is 3.25. The van der Waals surface area contributed by atoms with Gasteiger partial charge in [0.25, 0.3) is 0 Å². The third-order valence-corrected chi connectivity index (χ3v) is 6.44. The number of hydrogen-bond donors (Lipinski definition) is 0. The van der Waals surface area contributed by atoms with Crippen molar-refractivity contribution in [2.75, 3.05) is 0 Å². The molecule has 139 valence electrons. The van der Waals surface area contributed by atoms with Crippen LogP contribution in [0.25, 0.3) is 11.3 Å². The summed E-state index contributed by atoms with van der Waals surface area (Å²) in [4.78, 5) is 4.81. The van der Waals surface area contributed by atoms with Crippen LogP contribution in [0.3, 0.4) is 0 Å². The summed E-state index contributed by atoms with van der Waals surface area (Å²) in [5.74, 6) is 0.653. The quantitative estimate of drug-likeness (QED) is 0.371. The molecule has 3 heteroatoms. The second-order valence-corrected chi connectivity index (χ2v) is 14.4. The van der Waals surface area contributed by atoms with E-state index in [-0.39, 0.29) is 25.5 Å². The Hall–Kier alpha value is -0.764. The minimum atomic E-state index is -1.38. The van der Waals surface area contributed by atoms with Crippen LogP contribution in [0, 0.1) is 12.0 Å². The van der Waals surface area contributed by atoms with Crippen molar-refractivity contribution in [3.05, 3.63) is 47.7 Å². The van der Waals surface area contributed by atoms with Crippen LogP contribution >= 0.6 is 0 Å². The van der Waals surface area contributed by atoms with Gasteiger partial charge in [-0.1, -0.05) is 65.9 Å². The smallest absolute Gasteiger partial charge is 0.0798 e. The summed E-state index contributed by atoms with van der Waals surface area (Å²) in [6, 6.07) is 12.1.